The van der Waals surface area contributed by atoms with Crippen molar-refractivity contribution in [2.45, 2.75) is 13.8 Å². The summed E-state index contributed by atoms with van der Waals surface area (Å²) in [4.78, 5) is 36.3. The van der Waals surface area contributed by atoms with Crippen LogP contribution in [0, 0.1) is 19.7 Å². The molecule has 3 amide bonds. The molecule has 3 N–H and O–H groups in total. The van der Waals surface area contributed by atoms with Crippen molar-refractivity contribution in [3.63, 3.8) is 0 Å². The lowest BCUT2D eigenvalue weighted by Crippen LogP contribution is -2.32. The van der Waals surface area contributed by atoms with E-state index in [1.807, 2.05) is 19.9 Å². The normalized spacial score (nSPS) is 10.6. The number of halogens is 1. The highest BCUT2D eigenvalue weighted by molar-refractivity contribution is 6.39. The van der Waals surface area contributed by atoms with Gasteiger partial charge in [0.1, 0.15) is 5.82 Å². The van der Waals surface area contributed by atoms with Gasteiger partial charge in [-0.25, -0.2) is 9.82 Å². The fraction of sp³-hybridized carbons (Fsp3) is 0.154. The number of nitrogens with zero attached hydrogens (tertiary/aromatic N) is 1. The lowest BCUT2D eigenvalue weighted by molar-refractivity contribution is -0.136. The third-order valence-corrected chi connectivity index (χ3v) is 5.11. The van der Waals surface area contributed by atoms with Gasteiger partial charge in [0.25, 0.3) is 5.91 Å². The molecule has 0 saturated carbocycles. The number of methoxy groups -OCH3 is 1. The van der Waals surface area contributed by atoms with E-state index in [1.165, 1.54) is 37.6 Å². The van der Waals surface area contributed by atoms with Crippen LogP contribution in [0.2, 0.25) is 0 Å². The summed E-state index contributed by atoms with van der Waals surface area (Å²) in [5.74, 6) is -1.98. The van der Waals surface area contributed by atoms with Gasteiger partial charge in [-0.1, -0.05) is 12.1 Å². The van der Waals surface area contributed by atoms with Crippen molar-refractivity contribution in [3.05, 3.63) is 83.2 Å². The largest absolute Gasteiger partial charge is 0.493 e. The maximum atomic E-state index is 13.0. The molecule has 0 heterocycles. The van der Waals surface area contributed by atoms with Gasteiger partial charge in [0.2, 0.25) is 0 Å². The Morgan fingerprint density at radius 1 is 0.944 bits per heavy atom. The van der Waals surface area contributed by atoms with Gasteiger partial charge in [-0.05, 0) is 79.1 Å². The Hall–Kier alpha value is -4.73. The number of carbonyl (C=O) groups excluding carboxylic acids is 3. The fourth-order valence-electron chi connectivity index (χ4n) is 3.04. The van der Waals surface area contributed by atoms with Gasteiger partial charge in [0, 0.05) is 11.4 Å². The molecule has 0 aliphatic heterocycles. The van der Waals surface area contributed by atoms with E-state index in [2.05, 4.69) is 21.2 Å². The number of hydrogen-bond acceptors (Lipinski definition) is 6. The lowest BCUT2D eigenvalue weighted by atomic mass is 10.1. The molecule has 9 nitrogen and oxygen atoms in total. The predicted molar refractivity (Wildman–Crippen MR) is 134 cm³/mol. The molecule has 3 rings (SSSR count). The standard InChI is InChI=1S/C26H25FN4O5/c1-16-5-4-6-21(17(16)2)30-25(33)26(34)31-28-14-18-7-12-22(23(13-18)35-3)36-15-24(32)29-20-10-8-19(27)9-11-20/h4-14H,15H2,1-3H3,(H,29,32)(H,30,33)(H,31,34)/b28-14-. The highest BCUT2D eigenvalue weighted by Crippen LogP contribution is 2.27. The minimum absolute atomic E-state index is 0.299. The van der Waals surface area contributed by atoms with Crippen molar-refractivity contribution in [2.75, 3.05) is 24.4 Å². The van der Waals surface area contributed by atoms with Crippen molar-refractivity contribution < 1.29 is 28.2 Å². The van der Waals surface area contributed by atoms with Crippen LogP contribution in [-0.4, -0.2) is 37.7 Å². The second kappa shape index (κ2) is 12.1. The van der Waals surface area contributed by atoms with Crippen LogP contribution < -0.4 is 25.5 Å². The van der Waals surface area contributed by atoms with Crippen molar-refractivity contribution >= 4 is 35.3 Å². The number of hydrogen-bond donors (Lipinski definition) is 3. The van der Waals surface area contributed by atoms with Crippen LogP contribution in [-0.2, 0) is 14.4 Å². The van der Waals surface area contributed by atoms with Gasteiger partial charge >= 0.3 is 11.8 Å². The average molecular weight is 493 g/mol. The SMILES string of the molecule is COc1cc(/C=N\NC(=O)C(=O)Nc2cccc(C)c2C)ccc1OCC(=O)Nc1ccc(F)cc1. The van der Waals surface area contributed by atoms with Crippen molar-refractivity contribution in [2.24, 2.45) is 5.10 Å². The molecular weight excluding hydrogens is 467 g/mol. The Balaban J connectivity index is 1.53. The summed E-state index contributed by atoms with van der Waals surface area (Å²) >= 11 is 0. The summed E-state index contributed by atoms with van der Waals surface area (Å²) in [6.45, 7) is 3.45. The van der Waals surface area contributed by atoms with Gasteiger partial charge in [-0.15, -0.1) is 0 Å². The van der Waals surface area contributed by atoms with E-state index < -0.39 is 23.5 Å². The smallest absolute Gasteiger partial charge is 0.329 e. The molecular formula is C26H25FN4O5. The number of benzene rings is 3. The molecule has 0 saturated heterocycles. The summed E-state index contributed by atoms with van der Waals surface area (Å²) < 4.78 is 23.8. The summed E-state index contributed by atoms with van der Waals surface area (Å²) in [6, 6.07) is 15.5. The van der Waals surface area contributed by atoms with E-state index in [-0.39, 0.29) is 6.61 Å². The van der Waals surface area contributed by atoms with E-state index in [4.69, 9.17) is 9.47 Å². The zero-order valence-electron chi connectivity index (χ0n) is 19.9. The Kier molecular flexibility index (Phi) is 8.71. The number of hydrazone groups is 1. The molecule has 3 aromatic rings. The van der Waals surface area contributed by atoms with Crippen LogP contribution in [0.4, 0.5) is 15.8 Å². The summed E-state index contributed by atoms with van der Waals surface area (Å²) in [7, 11) is 1.43. The van der Waals surface area contributed by atoms with Crippen LogP contribution in [0.3, 0.4) is 0 Å². The molecule has 186 valence electrons. The van der Waals surface area contributed by atoms with Crippen LogP contribution in [0.15, 0.2) is 65.8 Å². The molecule has 36 heavy (non-hydrogen) atoms. The topological polar surface area (TPSA) is 118 Å². The highest BCUT2D eigenvalue weighted by Gasteiger charge is 2.14. The Morgan fingerprint density at radius 3 is 2.42 bits per heavy atom. The second-order valence-corrected chi connectivity index (χ2v) is 7.65. The lowest BCUT2D eigenvalue weighted by Gasteiger charge is -2.11. The minimum atomic E-state index is -0.925. The summed E-state index contributed by atoms with van der Waals surface area (Å²) in [5.41, 5.74) is 5.56. The molecule has 3 aromatic carbocycles. The van der Waals surface area contributed by atoms with Gasteiger partial charge in [0.15, 0.2) is 18.1 Å². The van der Waals surface area contributed by atoms with E-state index in [9.17, 15) is 18.8 Å². The molecule has 0 fully saturated rings. The molecule has 0 aliphatic carbocycles. The fourth-order valence-corrected chi connectivity index (χ4v) is 3.04. The predicted octanol–water partition coefficient (Wildman–Crippen LogP) is 3.56. The summed E-state index contributed by atoms with van der Waals surface area (Å²) in [6.07, 6.45) is 1.33. The number of ether oxygens (including phenoxy) is 2. The van der Waals surface area contributed by atoms with Crippen LogP contribution in [0.25, 0.3) is 0 Å². The van der Waals surface area contributed by atoms with E-state index in [0.29, 0.717) is 28.4 Å². The number of nitrogens with one attached hydrogen (secondary N) is 3. The number of aryl methyl sites for hydroxylation is 1. The molecule has 10 heteroatoms. The second-order valence-electron chi connectivity index (χ2n) is 7.65. The summed E-state index contributed by atoms with van der Waals surface area (Å²) in [5, 5.41) is 8.95. The highest BCUT2D eigenvalue weighted by atomic mass is 19.1. The van der Waals surface area contributed by atoms with Crippen molar-refractivity contribution in [3.8, 4) is 11.5 Å². The average Bonchev–Trinajstić information content (AvgIpc) is 2.87. The first-order valence-corrected chi connectivity index (χ1v) is 10.8. The third kappa shape index (κ3) is 7.13. The molecule has 0 atom stereocenters. The molecule has 0 radical (unpaired) electrons. The number of amides is 3. The number of carbonyl (C=O) groups is 3. The van der Waals surface area contributed by atoms with Crippen molar-refractivity contribution in [1.29, 1.82) is 0 Å². The maximum Gasteiger partial charge on any atom is 0.329 e. The van der Waals surface area contributed by atoms with Gasteiger partial charge in [-0.3, -0.25) is 14.4 Å². The zero-order valence-corrected chi connectivity index (χ0v) is 19.9. The monoisotopic (exact) mass is 492 g/mol. The minimum Gasteiger partial charge on any atom is -0.493 e. The molecule has 0 aliphatic rings. The quantitative estimate of drug-likeness (QED) is 0.253. The third-order valence-electron chi connectivity index (χ3n) is 5.11. The van der Waals surface area contributed by atoms with Crippen molar-refractivity contribution in [1.82, 2.24) is 5.43 Å². The van der Waals surface area contributed by atoms with Gasteiger partial charge in [0.05, 0.1) is 13.3 Å². The first-order valence-electron chi connectivity index (χ1n) is 10.8. The van der Waals surface area contributed by atoms with E-state index in [1.54, 1.807) is 30.3 Å². The van der Waals surface area contributed by atoms with E-state index >= 15 is 0 Å². The molecule has 0 unspecified atom stereocenters. The maximum absolute atomic E-state index is 13.0. The van der Waals surface area contributed by atoms with Crippen LogP contribution in [0.5, 0.6) is 11.5 Å². The Morgan fingerprint density at radius 2 is 1.69 bits per heavy atom. The Labute approximate surface area is 207 Å². The Bertz CT molecular complexity index is 1290. The van der Waals surface area contributed by atoms with Gasteiger partial charge in [-0.2, -0.15) is 5.10 Å². The first kappa shape index (κ1) is 25.9. The number of rotatable bonds is 8. The molecule has 0 bridgehead atoms. The van der Waals surface area contributed by atoms with Gasteiger partial charge < -0.3 is 20.1 Å². The van der Waals surface area contributed by atoms with Crippen LogP contribution in [0.1, 0.15) is 16.7 Å². The first-order chi connectivity index (χ1) is 17.3. The number of anilines is 2. The zero-order chi connectivity index (χ0) is 26.1. The molecule has 0 spiro atoms. The molecule has 0 aromatic heterocycles. The van der Waals surface area contributed by atoms with E-state index in [0.717, 1.165) is 11.1 Å². The van der Waals surface area contributed by atoms with Crippen LogP contribution >= 0.6 is 0 Å².